The first-order valence-corrected chi connectivity index (χ1v) is 11.7. The van der Waals surface area contributed by atoms with Crippen LogP contribution in [0.5, 0.6) is 0 Å². The van der Waals surface area contributed by atoms with E-state index >= 15 is 0 Å². The minimum Gasteiger partial charge on any atom is -0.462 e. The molecule has 1 aliphatic rings. The first-order chi connectivity index (χ1) is 15.9. The molecule has 0 atom stereocenters. The van der Waals surface area contributed by atoms with Crippen molar-refractivity contribution in [1.29, 1.82) is 0 Å². The number of hydrogen-bond donors (Lipinski definition) is 2. The summed E-state index contributed by atoms with van der Waals surface area (Å²) < 4.78 is 121. The SMILES string of the molecule is CCCOC(=O)c1cc(C(=O)OC2CCC(C(O)(C(F)(F)F)C(F)(F)F)CC2)cc(S(=O)(=O)O)c1. The van der Waals surface area contributed by atoms with Gasteiger partial charge in [-0.2, -0.15) is 34.8 Å². The second-order valence-corrected chi connectivity index (χ2v) is 9.42. The molecule has 1 aliphatic carbocycles. The Morgan fingerprint density at radius 1 is 0.943 bits per heavy atom. The fourth-order valence-corrected chi connectivity index (χ4v) is 4.26. The van der Waals surface area contributed by atoms with Crippen LogP contribution in [-0.4, -0.2) is 60.7 Å². The molecule has 0 amide bonds. The molecular weight excluding hydrogens is 514 g/mol. The number of ether oxygens (including phenoxy) is 2. The fourth-order valence-electron chi connectivity index (χ4n) is 3.70. The van der Waals surface area contributed by atoms with E-state index in [4.69, 9.17) is 9.47 Å². The highest BCUT2D eigenvalue weighted by Gasteiger charge is 2.73. The fraction of sp³-hybridized carbons (Fsp3) is 0.600. The van der Waals surface area contributed by atoms with E-state index in [2.05, 4.69) is 0 Å². The third-order valence-electron chi connectivity index (χ3n) is 5.52. The average molecular weight is 536 g/mol. The Bertz CT molecular complexity index is 1030. The summed E-state index contributed by atoms with van der Waals surface area (Å²) in [6.45, 7) is 1.66. The zero-order valence-electron chi connectivity index (χ0n) is 18.1. The molecule has 0 spiro atoms. The highest BCUT2D eigenvalue weighted by Crippen LogP contribution is 2.51. The Labute approximate surface area is 196 Å². The molecule has 198 valence electrons. The van der Waals surface area contributed by atoms with Crippen LogP contribution in [-0.2, 0) is 19.6 Å². The van der Waals surface area contributed by atoms with Gasteiger partial charge in [0.25, 0.3) is 15.7 Å². The normalized spacial score (nSPS) is 19.8. The van der Waals surface area contributed by atoms with E-state index in [1.54, 1.807) is 6.92 Å². The van der Waals surface area contributed by atoms with Crippen LogP contribution in [0.25, 0.3) is 0 Å². The number of halogens is 6. The van der Waals surface area contributed by atoms with Crippen molar-refractivity contribution >= 4 is 22.1 Å². The molecule has 1 aromatic rings. The summed E-state index contributed by atoms with van der Waals surface area (Å²) in [5, 5.41) is 9.52. The molecule has 0 radical (unpaired) electrons. The van der Waals surface area contributed by atoms with Crippen LogP contribution in [0.1, 0.15) is 59.7 Å². The van der Waals surface area contributed by atoms with Gasteiger partial charge in [0, 0.05) is 5.92 Å². The van der Waals surface area contributed by atoms with Gasteiger partial charge >= 0.3 is 24.3 Å². The summed E-state index contributed by atoms with van der Waals surface area (Å²) in [4.78, 5) is 23.8. The number of rotatable bonds is 7. The summed E-state index contributed by atoms with van der Waals surface area (Å²) in [6.07, 6.45) is -15.1. The van der Waals surface area contributed by atoms with Gasteiger partial charge in [0.05, 0.1) is 22.6 Å². The molecular formula is C20H22F6O8S. The van der Waals surface area contributed by atoms with E-state index < -0.39 is 93.7 Å². The monoisotopic (exact) mass is 536 g/mol. The summed E-state index contributed by atoms with van der Waals surface area (Å²) in [5.74, 6) is -4.46. The first-order valence-electron chi connectivity index (χ1n) is 10.3. The zero-order valence-corrected chi connectivity index (χ0v) is 19.0. The Kier molecular flexibility index (Phi) is 8.49. The maximum atomic E-state index is 13.1. The molecule has 1 aromatic carbocycles. The van der Waals surface area contributed by atoms with Crippen LogP contribution in [0.15, 0.2) is 23.1 Å². The maximum absolute atomic E-state index is 13.1. The van der Waals surface area contributed by atoms with E-state index in [9.17, 15) is 54.0 Å². The van der Waals surface area contributed by atoms with Crippen LogP contribution in [0.2, 0.25) is 0 Å². The number of hydrogen-bond acceptors (Lipinski definition) is 7. The van der Waals surface area contributed by atoms with E-state index in [1.165, 1.54) is 0 Å². The van der Waals surface area contributed by atoms with Gasteiger partial charge in [0.15, 0.2) is 0 Å². The van der Waals surface area contributed by atoms with Crippen LogP contribution < -0.4 is 0 Å². The average Bonchev–Trinajstić information content (AvgIpc) is 2.74. The minimum absolute atomic E-state index is 0.0276. The van der Waals surface area contributed by atoms with Crippen molar-refractivity contribution in [2.45, 2.75) is 68.0 Å². The molecule has 0 unspecified atom stereocenters. The van der Waals surface area contributed by atoms with E-state index in [-0.39, 0.29) is 6.61 Å². The summed E-state index contributed by atoms with van der Waals surface area (Å²) in [7, 11) is -4.88. The van der Waals surface area contributed by atoms with Crippen molar-refractivity contribution in [3.63, 3.8) is 0 Å². The Hall–Kier alpha value is -2.39. The van der Waals surface area contributed by atoms with Gasteiger partial charge in [0.2, 0.25) is 0 Å². The maximum Gasteiger partial charge on any atom is 0.426 e. The second kappa shape index (κ2) is 10.3. The van der Waals surface area contributed by atoms with E-state index in [1.807, 2.05) is 0 Å². The lowest BCUT2D eigenvalue weighted by molar-refractivity contribution is -0.387. The van der Waals surface area contributed by atoms with Crippen LogP contribution >= 0.6 is 0 Å². The molecule has 0 aliphatic heterocycles. The van der Waals surface area contributed by atoms with Crippen LogP contribution in [0, 0.1) is 5.92 Å². The molecule has 35 heavy (non-hydrogen) atoms. The van der Waals surface area contributed by atoms with Gasteiger partial charge in [-0.3, -0.25) is 4.55 Å². The molecule has 15 heteroatoms. The van der Waals surface area contributed by atoms with Crippen molar-refractivity contribution in [3.8, 4) is 0 Å². The number of esters is 2. The number of carbonyl (C=O) groups is 2. The number of benzene rings is 1. The van der Waals surface area contributed by atoms with Gasteiger partial charge in [0.1, 0.15) is 6.10 Å². The predicted octanol–water partition coefficient (Wildman–Crippen LogP) is 4.07. The number of alkyl halides is 6. The first kappa shape index (κ1) is 28.8. The third kappa shape index (κ3) is 6.44. The van der Waals surface area contributed by atoms with Gasteiger partial charge in [-0.1, -0.05) is 6.92 Å². The third-order valence-corrected chi connectivity index (χ3v) is 6.35. The summed E-state index contributed by atoms with van der Waals surface area (Å²) >= 11 is 0. The van der Waals surface area contributed by atoms with Gasteiger partial charge < -0.3 is 14.6 Å². The van der Waals surface area contributed by atoms with Crippen molar-refractivity contribution in [2.24, 2.45) is 5.92 Å². The Morgan fingerprint density at radius 2 is 1.43 bits per heavy atom. The number of carbonyl (C=O) groups excluding carboxylic acids is 2. The molecule has 1 fully saturated rings. The van der Waals surface area contributed by atoms with Gasteiger partial charge in [-0.25, -0.2) is 9.59 Å². The number of aliphatic hydroxyl groups is 1. The Morgan fingerprint density at radius 3 is 1.86 bits per heavy atom. The molecule has 2 rings (SSSR count). The van der Waals surface area contributed by atoms with Crippen LogP contribution in [0.4, 0.5) is 26.3 Å². The van der Waals surface area contributed by atoms with Crippen molar-refractivity contribution in [3.05, 3.63) is 29.3 Å². The largest absolute Gasteiger partial charge is 0.462 e. The lowest BCUT2D eigenvalue weighted by atomic mass is 9.75. The van der Waals surface area contributed by atoms with Crippen molar-refractivity contribution in [2.75, 3.05) is 6.61 Å². The lowest BCUT2D eigenvalue weighted by Gasteiger charge is -2.41. The molecule has 0 bridgehead atoms. The molecule has 8 nitrogen and oxygen atoms in total. The molecule has 0 aromatic heterocycles. The topological polar surface area (TPSA) is 127 Å². The quantitative estimate of drug-likeness (QED) is 0.303. The zero-order chi connectivity index (χ0) is 26.8. The highest BCUT2D eigenvalue weighted by atomic mass is 32.2. The minimum atomic E-state index is -5.97. The molecule has 0 heterocycles. The van der Waals surface area contributed by atoms with Crippen molar-refractivity contribution in [1.82, 2.24) is 0 Å². The standard InChI is InChI=1S/C20H22F6O8S/c1-2-7-33-16(27)11-8-12(10-15(9-11)35(30,31)32)17(28)34-14-5-3-13(4-6-14)18(29,19(21,22)23)20(24,25)26/h8-10,13-14,29H,2-7H2,1H3,(H,30,31,32). The van der Waals surface area contributed by atoms with Gasteiger partial charge in [-0.15, -0.1) is 0 Å². The molecule has 1 saturated carbocycles. The second-order valence-electron chi connectivity index (χ2n) is 8.00. The summed E-state index contributed by atoms with van der Waals surface area (Å²) in [6, 6.07) is 2.35. The Balaban J connectivity index is 2.20. The predicted molar refractivity (Wildman–Crippen MR) is 105 cm³/mol. The summed E-state index contributed by atoms with van der Waals surface area (Å²) in [5.41, 5.74) is -5.86. The molecule has 0 saturated heterocycles. The molecule has 2 N–H and O–H groups in total. The van der Waals surface area contributed by atoms with Crippen molar-refractivity contribution < 1.29 is 63.5 Å². The van der Waals surface area contributed by atoms with E-state index in [0.29, 0.717) is 12.5 Å². The smallest absolute Gasteiger partial charge is 0.426 e. The highest BCUT2D eigenvalue weighted by molar-refractivity contribution is 7.85. The lowest BCUT2D eigenvalue weighted by Crippen LogP contribution is -2.62. The van der Waals surface area contributed by atoms with Gasteiger partial charge in [-0.05, 0) is 50.3 Å². The van der Waals surface area contributed by atoms with E-state index in [0.717, 1.165) is 12.1 Å². The van der Waals surface area contributed by atoms with Crippen LogP contribution in [0.3, 0.4) is 0 Å².